The van der Waals surface area contributed by atoms with E-state index in [9.17, 15) is 14.7 Å². The van der Waals surface area contributed by atoms with Crippen LogP contribution in [0.4, 0.5) is 34.5 Å². The van der Waals surface area contributed by atoms with Gasteiger partial charge < -0.3 is 35.2 Å². The SMILES string of the molecule is C=CC(=O)Nc1cc(Nc2ncc(C(=O)O)c(N3CC(C)(C)c4nc(C)ccc43)n2)c(OC)cc1N1CCC[C@@H]1CN(C)C. The number of carbonyl (C=O) groups is 2. The smallest absolute Gasteiger partial charge is 0.341 e. The van der Waals surface area contributed by atoms with Gasteiger partial charge in [-0.05, 0) is 58.1 Å². The van der Waals surface area contributed by atoms with Gasteiger partial charge in [-0.2, -0.15) is 4.98 Å². The average molecular weight is 601 g/mol. The van der Waals surface area contributed by atoms with Gasteiger partial charge in [0.2, 0.25) is 11.9 Å². The number of benzene rings is 1. The number of amides is 1. The number of hydrogen-bond acceptors (Lipinski definition) is 10. The second-order valence-corrected chi connectivity index (χ2v) is 12.2. The van der Waals surface area contributed by atoms with Gasteiger partial charge in [0.25, 0.3) is 0 Å². The predicted molar refractivity (Wildman–Crippen MR) is 172 cm³/mol. The fourth-order valence-corrected chi connectivity index (χ4v) is 6.04. The van der Waals surface area contributed by atoms with Gasteiger partial charge in [0.1, 0.15) is 11.3 Å². The third-order valence-corrected chi connectivity index (χ3v) is 8.02. The van der Waals surface area contributed by atoms with Crippen molar-refractivity contribution in [3.63, 3.8) is 0 Å². The summed E-state index contributed by atoms with van der Waals surface area (Å²) in [6, 6.07) is 7.81. The number of anilines is 6. The first-order valence-electron chi connectivity index (χ1n) is 14.6. The van der Waals surface area contributed by atoms with Crippen LogP contribution >= 0.6 is 0 Å². The molecular formula is C32H40N8O4. The number of carboxylic acids is 1. The Morgan fingerprint density at radius 2 is 1.98 bits per heavy atom. The molecule has 0 spiro atoms. The number of carbonyl (C=O) groups excluding carboxylic acids is 1. The van der Waals surface area contributed by atoms with Crippen molar-refractivity contribution in [3.05, 3.63) is 60.1 Å². The van der Waals surface area contributed by atoms with Gasteiger partial charge >= 0.3 is 5.97 Å². The molecule has 3 aromatic rings. The largest absolute Gasteiger partial charge is 0.494 e. The number of carboxylic acid groups (broad SMARTS) is 1. The van der Waals surface area contributed by atoms with Crippen molar-refractivity contribution in [3.8, 4) is 5.75 Å². The first kappa shape index (κ1) is 30.7. The highest BCUT2D eigenvalue weighted by Crippen LogP contribution is 2.44. The van der Waals surface area contributed by atoms with E-state index in [4.69, 9.17) is 14.7 Å². The molecule has 2 aliphatic rings. The molecule has 12 heteroatoms. The van der Waals surface area contributed by atoms with Crippen molar-refractivity contribution in [1.82, 2.24) is 19.9 Å². The summed E-state index contributed by atoms with van der Waals surface area (Å²) in [6.45, 7) is 11.9. The minimum absolute atomic E-state index is 0.0259. The summed E-state index contributed by atoms with van der Waals surface area (Å²) in [7, 11) is 5.67. The molecule has 0 aliphatic carbocycles. The van der Waals surface area contributed by atoms with Crippen LogP contribution in [-0.4, -0.2) is 83.7 Å². The standard InChI is InChI=1S/C32H40N8O4/c1-8-27(41)35-22-14-23(26(44-7)15-25(22)39-13-9-10-20(39)17-38(5)6)36-31-33-16-21(30(42)43)29(37-31)40-18-32(3,4)28-24(40)12-11-19(2)34-28/h8,11-12,14-16,20H,1,9-10,13,17-18H2,2-7H3,(H,35,41)(H,42,43)(H,33,36,37)/t20-/m1/s1. The number of aromatic carboxylic acids is 1. The van der Waals surface area contributed by atoms with E-state index in [1.165, 1.54) is 12.3 Å². The van der Waals surface area contributed by atoms with Crippen LogP contribution in [0.1, 0.15) is 48.4 Å². The molecule has 0 radical (unpaired) electrons. The first-order chi connectivity index (χ1) is 20.9. The second kappa shape index (κ2) is 12.1. The highest BCUT2D eigenvalue weighted by molar-refractivity contribution is 6.02. The number of hydrogen-bond donors (Lipinski definition) is 3. The quantitative estimate of drug-likeness (QED) is 0.279. The summed E-state index contributed by atoms with van der Waals surface area (Å²) in [4.78, 5) is 44.9. The number of likely N-dealkylation sites (N-methyl/N-ethyl adjacent to an activating group) is 1. The Balaban J connectivity index is 1.56. The Morgan fingerprint density at radius 1 is 1.20 bits per heavy atom. The average Bonchev–Trinajstić information content (AvgIpc) is 3.53. The highest BCUT2D eigenvalue weighted by Gasteiger charge is 2.39. The number of methoxy groups -OCH3 is 1. The van der Waals surface area contributed by atoms with Crippen molar-refractivity contribution in [1.29, 1.82) is 0 Å². The van der Waals surface area contributed by atoms with E-state index >= 15 is 0 Å². The van der Waals surface area contributed by atoms with Crippen LogP contribution in [0.2, 0.25) is 0 Å². The van der Waals surface area contributed by atoms with Crippen LogP contribution in [0.5, 0.6) is 5.75 Å². The molecule has 4 heterocycles. The van der Waals surface area contributed by atoms with Gasteiger partial charge in [0.05, 0.1) is 35.6 Å². The molecular weight excluding hydrogens is 560 g/mol. The summed E-state index contributed by atoms with van der Waals surface area (Å²) in [5, 5.41) is 16.2. The number of ether oxygens (including phenoxy) is 1. The fourth-order valence-electron chi connectivity index (χ4n) is 6.04. The first-order valence-corrected chi connectivity index (χ1v) is 14.6. The van der Waals surface area contributed by atoms with Crippen LogP contribution in [-0.2, 0) is 10.2 Å². The van der Waals surface area contributed by atoms with Gasteiger partial charge in [0, 0.05) is 49.0 Å². The molecule has 0 unspecified atom stereocenters. The molecule has 1 atom stereocenters. The molecule has 2 aliphatic heterocycles. The molecule has 1 saturated heterocycles. The molecule has 12 nitrogen and oxygen atoms in total. The van der Waals surface area contributed by atoms with Crippen molar-refractivity contribution < 1.29 is 19.4 Å². The van der Waals surface area contributed by atoms with Crippen molar-refractivity contribution in [2.45, 2.75) is 45.1 Å². The van der Waals surface area contributed by atoms with Crippen LogP contribution in [0.3, 0.4) is 0 Å². The summed E-state index contributed by atoms with van der Waals surface area (Å²) in [5.74, 6) is -0.518. The minimum Gasteiger partial charge on any atom is -0.494 e. The number of nitrogens with one attached hydrogen (secondary N) is 2. The maximum atomic E-state index is 12.5. The number of fused-ring (bicyclic) bond motifs is 1. The number of rotatable bonds is 10. The molecule has 0 bridgehead atoms. The topological polar surface area (TPSA) is 136 Å². The number of aromatic nitrogens is 3. The Hall–Kier alpha value is -4.71. The minimum atomic E-state index is -1.13. The fraction of sp³-hybridized carbons (Fsp3) is 0.406. The van der Waals surface area contributed by atoms with E-state index in [-0.39, 0.29) is 34.7 Å². The van der Waals surface area contributed by atoms with Crippen molar-refractivity contribution in [2.24, 2.45) is 0 Å². The van der Waals surface area contributed by atoms with Gasteiger partial charge in [0.15, 0.2) is 5.82 Å². The molecule has 1 aromatic carbocycles. The summed E-state index contributed by atoms with van der Waals surface area (Å²) in [6.07, 6.45) is 4.60. The van der Waals surface area contributed by atoms with Crippen LogP contribution in [0, 0.1) is 6.92 Å². The van der Waals surface area contributed by atoms with E-state index in [0.29, 0.717) is 23.7 Å². The Bertz CT molecular complexity index is 1610. The van der Waals surface area contributed by atoms with E-state index < -0.39 is 5.97 Å². The highest BCUT2D eigenvalue weighted by atomic mass is 16.5. The third-order valence-electron chi connectivity index (χ3n) is 8.02. The lowest BCUT2D eigenvalue weighted by Gasteiger charge is -2.31. The molecule has 1 amide bonds. The Morgan fingerprint density at radius 3 is 2.66 bits per heavy atom. The summed E-state index contributed by atoms with van der Waals surface area (Å²) >= 11 is 0. The molecule has 0 saturated carbocycles. The lowest BCUT2D eigenvalue weighted by Crippen LogP contribution is -2.38. The maximum Gasteiger partial charge on any atom is 0.341 e. The lowest BCUT2D eigenvalue weighted by molar-refractivity contribution is -0.111. The van der Waals surface area contributed by atoms with Crippen molar-refractivity contribution >= 4 is 46.4 Å². The number of aryl methyl sites for hydroxylation is 1. The monoisotopic (exact) mass is 600 g/mol. The Labute approximate surface area is 257 Å². The molecule has 44 heavy (non-hydrogen) atoms. The zero-order valence-corrected chi connectivity index (χ0v) is 26.1. The maximum absolute atomic E-state index is 12.5. The van der Waals surface area contributed by atoms with E-state index in [0.717, 1.165) is 48.7 Å². The van der Waals surface area contributed by atoms with E-state index in [2.05, 4.69) is 45.8 Å². The number of nitrogens with zero attached hydrogens (tertiary/aromatic N) is 6. The molecule has 3 N–H and O–H groups in total. The van der Waals surface area contributed by atoms with Gasteiger partial charge in [-0.3, -0.25) is 9.78 Å². The van der Waals surface area contributed by atoms with Crippen LogP contribution < -0.4 is 25.2 Å². The third kappa shape index (κ3) is 6.02. The summed E-state index contributed by atoms with van der Waals surface area (Å²) in [5.41, 5.74) is 4.16. The van der Waals surface area contributed by atoms with Crippen LogP contribution in [0.15, 0.2) is 43.1 Å². The lowest BCUT2D eigenvalue weighted by atomic mass is 9.91. The predicted octanol–water partition coefficient (Wildman–Crippen LogP) is 4.71. The van der Waals surface area contributed by atoms with E-state index in [1.807, 2.05) is 44.1 Å². The normalized spacial score (nSPS) is 17.0. The zero-order valence-electron chi connectivity index (χ0n) is 26.1. The number of pyridine rings is 1. The Kier molecular flexibility index (Phi) is 8.46. The zero-order chi connectivity index (χ0) is 31.8. The molecule has 1 fully saturated rings. The van der Waals surface area contributed by atoms with E-state index in [1.54, 1.807) is 13.2 Å². The van der Waals surface area contributed by atoms with Crippen LogP contribution in [0.25, 0.3) is 0 Å². The summed E-state index contributed by atoms with van der Waals surface area (Å²) < 4.78 is 5.80. The van der Waals surface area contributed by atoms with Crippen molar-refractivity contribution in [2.75, 3.05) is 61.3 Å². The molecule has 5 rings (SSSR count). The molecule has 232 valence electrons. The van der Waals surface area contributed by atoms with Gasteiger partial charge in [-0.25, -0.2) is 9.78 Å². The molecule has 2 aromatic heterocycles. The second-order valence-electron chi connectivity index (χ2n) is 12.2. The van der Waals surface area contributed by atoms with Gasteiger partial charge in [-0.1, -0.05) is 20.4 Å². The van der Waals surface area contributed by atoms with Gasteiger partial charge in [-0.15, -0.1) is 0 Å².